The maximum atomic E-state index is 11.8. The first-order chi connectivity index (χ1) is 9.71. The molecule has 0 fully saturated rings. The summed E-state index contributed by atoms with van der Waals surface area (Å²) < 4.78 is 10.8. The predicted molar refractivity (Wildman–Crippen MR) is 83.7 cm³/mol. The van der Waals surface area contributed by atoms with Gasteiger partial charge in [0.25, 0.3) is 5.91 Å². The molecular formula is C16H26N2O3. The van der Waals surface area contributed by atoms with E-state index in [1.165, 1.54) is 0 Å². The largest absolute Gasteiger partial charge is 0.493 e. The second kappa shape index (κ2) is 7.31. The van der Waals surface area contributed by atoms with Crippen LogP contribution in [0.15, 0.2) is 18.2 Å². The Morgan fingerprint density at radius 1 is 1.33 bits per heavy atom. The minimum Gasteiger partial charge on any atom is -0.493 e. The van der Waals surface area contributed by atoms with Crippen molar-refractivity contribution in [2.24, 2.45) is 5.73 Å². The molecule has 0 saturated carbocycles. The highest BCUT2D eigenvalue weighted by atomic mass is 16.5. The van der Waals surface area contributed by atoms with Crippen molar-refractivity contribution in [2.45, 2.75) is 45.7 Å². The second-order valence-electron chi connectivity index (χ2n) is 6.25. The van der Waals surface area contributed by atoms with Crippen LogP contribution in [0.5, 0.6) is 11.5 Å². The van der Waals surface area contributed by atoms with Crippen molar-refractivity contribution in [2.75, 3.05) is 13.7 Å². The third-order valence-electron chi connectivity index (χ3n) is 2.66. The van der Waals surface area contributed by atoms with Crippen LogP contribution in [0.3, 0.4) is 0 Å². The molecule has 1 rings (SSSR count). The van der Waals surface area contributed by atoms with Gasteiger partial charge in [0.15, 0.2) is 18.1 Å². The van der Waals surface area contributed by atoms with Crippen LogP contribution in [0.2, 0.25) is 0 Å². The Hall–Kier alpha value is -1.75. The topological polar surface area (TPSA) is 73.6 Å². The number of carbonyl (C=O) groups is 1. The zero-order valence-electron chi connectivity index (χ0n) is 13.5. The Balaban J connectivity index is 2.68. The van der Waals surface area contributed by atoms with Crippen LogP contribution in [0.1, 0.15) is 33.3 Å². The van der Waals surface area contributed by atoms with E-state index in [4.69, 9.17) is 15.2 Å². The number of methoxy groups -OCH3 is 1. The quantitative estimate of drug-likeness (QED) is 0.840. The van der Waals surface area contributed by atoms with Crippen molar-refractivity contribution < 1.29 is 14.3 Å². The lowest BCUT2D eigenvalue weighted by atomic mass is 10.1. The van der Waals surface area contributed by atoms with Crippen LogP contribution in [-0.4, -0.2) is 31.2 Å². The summed E-state index contributed by atoms with van der Waals surface area (Å²) in [6, 6.07) is 5.71. The number of nitrogens with two attached hydrogens (primary N) is 1. The van der Waals surface area contributed by atoms with Crippen LogP contribution >= 0.6 is 0 Å². The zero-order chi connectivity index (χ0) is 16.0. The van der Waals surface area contributed by atoms with E-state index in [0.717, 1.165) is 12.0 Å². The molecule has 5 nitrogen and oxygen atoms in total. The van der Waals surface area contributed by atoms with Gasteiger partial charge in [0.2, 0.25) is 0 Å². The molecule has 0 aromatic heterocycles. The van der Waals surface area contributed by atoms with Crippen LogP contribution in [-0.2, 0) is 11.2 Å². The Morgan fingerprint density at radius 2 is 2.00 bits per heavy atom. The Labute approximate surface area is 126 Å². The monoisotopic (exact) mass is 294 g/mol. The minimum absolute atomic E-state index is 0.0414. The van der Waals surface area contributed by atoms with Crippen LogP contribution in [0.25, 0.3) is 0 Å². The average Bonchev–Trinajstić information content (AvgIpc) is 2.34. The first-order valence-corrected chi connectivity index (χ1v) is 7.07. The number of amides is 1. The molecule has 1 aromatic rings. The average molecular weight is 294 g/mol. The van der Waals surface area contributed by atoms with Crippen LogP contribution < -0.4 is 20.5 Å². The molecule has 1 aromatic carbocycles. The molecule has 5 heteroatoms. The molecule has 3 N–H and O–H groups in total. The van der Waals surface area contributed by atoms with Gasteiger partial charge in [-0.1, -0.05) is 6.07 Å². The molecule has 0 heterocycles. The molecule has 0 bridgehead atoms. The Kier molecular flexibility index (Phi) is 6.03. The number of nitrogens with one attached hydrogen (secondary N) is 1. The molecular weight excluding hydrogens is 268 g/mol. The number of rotatable bonds is 6. The van der Waals surface area contributed by atoms with E-state index in [0.29, 0.717) is 11.5 Å². The molecule has 0 spiro atoms. The van der Waals surface area contributed by atoms with Crippen molar-refractivity contribution in [1.82, 2.24) is 5.32 Å². The van der Waals surface area contributed by atoms with Gasteiger partial charge >= 0.3 is 0 Å². The van der Waals surface area contributed by atoms with E-state index < -0.39 is 0 Å². The number of ether oxygens (including phenoxy) is 2. The SMILES string of the molecule is COc1cc(CC(C)N)ccc1OCC(=O)NC(C)(C)C. The van der Waals surface area contributed by atoms with E-state index in [1.54, 1.807) is 13.2 Å². The summed E-state index contributed by atoms with van der Waals surface area (Å²) in [5, 5.41) is 2.84. The highest BCUT2D eigenvalue weighted by molar-refractivity contribution is 5.78. The van der Waals surface area contributed by atoms with Gasteiger partial charge in [0.05, 0.1) is 7.11 Å². The lowest BCUT2D eigenvalue weighted by molar-refractivity contribution is -0.124. The number of benzene rings is 1. The maximum Gasteiger partial charge on any atom is 0.258 e. The van der Waals surface area contributed by atoms with Gasteiger partial charge in [0, 0.05) is 11.6 Å². The molecule has 118 valence electrons. The summed E-state index contributed by atoms with van der Waals surface area (Å²) in [5.41, 5.74) is 6.59. The van der Waals surface area contributed by atoms with Crippen molar-refractivity contribution in [3.63, 3.8) is 0 Å². The minimum atomic E-state index is -0.272. The first kappa shape index (κ1) is 17.3. The number of hydrogen-bond acceptors (Lipinski definition) is 4. The van der Waals surface area contributed by atoms with E-state index in [9.17, 15) is 4.79 Å². The summed E-state index contributed by atoms with van der Waals surface area (Å²) in [5.74, 6) is 0.996. The molecule has 1 amide bonds. The molecule has 0 aliphatic heterocycles. The normalized spacial score (nSPS) is 12.7. The van der Waals surface area contributed by atoms with Gasteiger partial charge in [-0.2, -0.15) is 0 Å². The molecule has 21 heavy (non-hydrogen) atoms. The Bertz CT molecular complexity index is 479. The molecule has 1 unspecified atom stereocenters. The van der Waals surface area contributed by atoms with Crippen molar-refractivity contribution in [3.8, 4) is 11.5 Å². The van der Waals surface area contributed by atoms with Crippen molar-refractivity contribution >= 4 is 5.91 Å². The number of hydrogen-bond donors (Lipinski definition) is 2. The van der Waals surface area contributed by atoms with E-state index in [2.05, 4.69) is 5.32 Å². The van der Waals surface area contributed by atoms with Crippen molar-refractivity contribution in [1.29, 1.82) is 0 Å². The highest BCUT2D eigenvalue weighted by Crippen LogP contribution is 2.28. The van der Waals surface area contributed by atoms with Crippen LogP contribution in [0.4, 0.5) is 0 Å². The van der Waals surface area contributed by atoms with Gasteiger partial charge in [-0.15, -0.1) is 0 Å². The van der Waals surface area contributed by atoms with E-state index in [-0.39, 0.29) is 24.1 Å². The third-order valence-corrected chi connectivity index (χ3v) is 2.66. The van der Waals surface area contributed by atoms with E-state index >= 15 is 0 Å². The standard InChI is InChI=1S/C16H26N2O3/c1-11(17)8-12-6-7-13(14(9-12)20-5)21-10-15(19)18-16(2,3)4/h6-7,9,11H,8,10,17H2,1-5H3,(H,18,19). The summed E-state index contributed by atoms with van der Waals surface area (Å²) in [7, 11) is 1.58. The predicted octanol–water partition coefficient (Wildman–Crippen LogP) is 1.88. The van der Waals surface area contributed by atoms with E-state index in [1.807, 2.05) is 39.8 Å². The molecule has 0 aliphatic rings. The van der Waals surface area contributed by atoms with Gasteiger partial charge < -0.3 is 20.5 Å². The zero-order valence-corrected chi connectivity index (χ0v) is 13.5. The smallest absolute Gasteiger partial charge is 0.258 e. The third kappa shape index (κ3) is 6.49. The van der Waals surface area contributed by atoms with Crippen LogP contribution in [0, 0.1) is 0 Å². The van der Waals surface area contributed by atoms with Crippen molar-refractivity contribution in [3.05, 3.63) is 23.8 Å². The molecule has 0 saturated heterocycles. The summed E-state index contributed by atoms with van der Waals surface area (Å²) in [6.07, 6.45) is 0.765. The molecule has 0 aliphatic carbocycles. The number of carbonyl (C=O) groups excluding carboxylic acids is 1. The first-order valence-electron chi connectivity index (χ1n) is 7.07. The molecule has 1 atom stereocenters. The lowest BCUT2D eigenvalue weighted by Gasteiger charge is -2.20. The summed E-state index contributed by atoms with van der Waals surface area (Å²) in [4.78, 5) is 11.8. The summed E-state index contributed by atoms with van der Waals surface area (Å²) in [6.45, 7) is 7.69. The maximum absolute atomic E-state index is 11.8. The van der Waals surface area contributed by atoms with Gasteiger partial charge in [-0.3, -0.25) is 4.79 Å². The van der Waals surface area contributed by atoms with Gasteiger partial charge in [-0.05, 0) is 51.8 Å². The van der Waals surface area contributed by atoms with Gasteiger partial charge in [-0.25, -0.2) is 0 Å². The van der Waals surface area contributed by atoms with Gasteiger partial charge in [0.1, 0.15) is 0 Å². The second-order valence-corrected chi connectivity index (χ2v) is 6.25. The lowest BCUT2D eigenvalue weighted by Crippen LogP contribution is -2.43. The summed E-state index contributed by atoms with van der Waals surface area (Å²) >= 11 is 0. The fourth-order valence-corrected chi connectivity index (χ4v) is 1.93. The highest BCUT2D eigenvalue weighted by Gasteiger charge is 2.15. The Morgan fingerprint density at radius 3 is 2.52 bits per heavy atom. The molecule has 0 radical (unpaired) electrons. The fourth-order valence-electron chi connectivity index (χ4n) is 1.93. The fraction of sp³-hybridized carbons (Fsp3) is 0.562.